The van der Waals surface area contributed by atoms with Gasteiger partial charge in [-0.15, -0.1) is 0 Å². The fourth-order valence-corrected chi connectivity index (χ4v) is 6.18. The summed E-state index contributed by atoms with van der Waals surface area (Å²) in [6.07, 6.45) is 29.7. The summed E-state index contributed by atoms with van der Waals surface area (Å²) in [6, 6.07) is 0. The second-order valence-corrected chi connectivity index (χ2v) is 14.7. The topological polar surface area (TPSA) is 113 Å². The SMILES string of the molecule is CCCCCCCCCCCCCCOC[C@@](CCCCCCCCOCCCCCCC)(COCCOC)COCCOS(=O)(=O)[O-].[Na+].[Na+]. The molecule has 0 bridgehead atoms. The molecule has 0 aromatic heterocycles. The molecule has 0 aliphatic carbocycles. The maximum Gasteiger partial charge on any atom is 1.00 e. The van der Waals surface area contributed by atoms with Crippen LogP contribution in [0.4, 0.5) is 0 Å². The van der Waals surface area contributed by atoms with Crippen molar-refractivity contribution in [2.24, 2.45) is 5.41 Å². The Balaban J connectivity index is -0.0000110. The average molecular weight is 756 g/mol. The second kappa shape index (κ2) is 43.4. The smallest absolute Gasteiger partial charge is 0.726 e. The molecule has 0 N–H and O–H groups in total. The number of unbranched alkanes of at least 4 members (excludes halogenated alkanes) is 20. The third-order valence-electron chi connectivity index (χ3n) is 8.89. The fraction of sp³-hybridized carbons (Fsp3) is 1.00. The van der Waals surface area contributed by atoms with Crippen LogP contribution in [-0.2, 0) is 38.3 Å². The maximum atomic E-state index is 10.8. The molecule has 0 fully saturated rings. The van der Waals surface area contributed by atoms with Gasteiger partial charge in [0.1, 0.15) is 0 Å². The molecular weight excluding hydrogens is 678 g/mol. The van der Waals surface area contributed by atoms with E-state index < -0.39 is 10.4 Å². The molecule has 1 atom stereocenters. The van der Waals surface area contributed by atoms with Crippen molar-refractivity contribution in [3.05, 3.63) is 0 Å². The van der Waals surface area contributed by atoms with E-state index in [0.717, 1.165) is 45.3 Å². The zero-order valence-corrected chi connectivity index (χ0v) is 38.4. The van der Waals surface area contributed by atoms with Crippen molar-refractivity contribution < 1.29 is 100.0 Å². The fourth-order valence-electron chi connectivity index (χ4n) is 5.91. The van der Waals surface area contributed by atoms with Crippen LogP contribution < -0.4 is 59.1 Å². The number of hydrogen-bond acceptors (Lipinski definition) is 9. The summed E-state index contributed by atoms with van der Waals surface area (Å²) in [4.78, 5) is 0. The first-order valence-corrected chi connectivity index (χ1v) is 21.1. The Labute approximate surface area is 354 Å². The predicted octanol–water partition coefficient (Wildman–Crippen LogP) is 3.57. The van der Waals surface area contributed by atoms with E-state index >= 15 is 0 Å². The third kappa shape index (κ3) is 42.4. The average Bonchev–Trinajstić information content (AvgIpc) is 3.06. The van der Waals surface area contributed by atoms with Gasteiger partial charge in [-0.2, -0.15) is 0 Å². The van der Waals surface area contributed by atoms with Crippen LogP contribution in [0.5, 0.6) is 0 Å². The zero-order valence-electron chi connectivity index (χ0n) is 33.6. The Bertz CT molecular complexity index is 716. The Morgan fingerprint density at radius 3 is 1.18 bits per heavy atom. The van der Waals surface area contributed by atoms with Gasteiger partial charge < -0.3 is 28.2 Å². The minimum atomic E-state index is -4.74. The van der Waals surface area contributed by atoms with Crippen molar-refractivity contribution >= 4 is 10.4 Å². The van der Waals surface area contributed by atoms with Crippen molar-refractivity contribution in [3.8, 4) is 0 Å². The van der Waals surface area contributed by atoms with E-state index in [-0.39, 0.29) is 77.7 Å². The van der Waals surface area contributed by atoms with Gasteiger partial charge in [0, 0.05) is 32.3 Å². The minimum Gasteiger partial charge on any atom is -0.726 e. The van der Waals surface area contributed by atoms with Crippen LogP contribution in [0.3, 0.4) is 0 Å². The van der Waals surface area contributed by atoms with Crippen LogP contribution in [0.15, 0.2) is 0 Å². The largest absolute Gasteiger partial charge is 1.00 e. The van der Waals surface area contributed by atoms with Gasteiger partial charge in [0.15, 0.2) is 0 Å². The Kier molecular flexibility index (Phi) is 48.6. The summed E-state index contributed by atoms with van der Waals surface area (Å²) in [7, 11) is -3.08. The summed E-state index contributed by atoms with van der Waals surface area (Å²) in [5.74, 6) is 0. The monoisotopic (exact) mass is 756 g/mol. The van der Waals surface area contributed by atoms with Gasteiger partial charge in [0.2, 0.25) is 10.4 Å². The summed E-state index contributed by atoms with van der Waals surface area (Å²) in [5.41, 5.74) is -0.369. The van der Waals surface area contributed by atoms with Gasteiger partial charge in [0.25, 0.3) is 0 Å². The van der Waals surface area contributed by atoms with Crippen LogP contribution in [0, 0.1) is 5.41 Å². The maximum absolute atomic E-state index is 10.8. The van der Waals surface area contributed by atoms with Crippen molar-refractivity contribution in [1.29, 1.82) is 0 Å². The molecule has 0 saturated carbocycles. The van der Waals surface area contributed by atoms with Crippen molar-refractivity contribution in [2.45, 2.75) is 168 Å². The van der Waals surface area contributed by atoms with Crippen LogP contribution in [0.25, 0.3) is 0 Å². The van der Waals surface area contributed by atoms with Gasteiger partial charge in [0.05, 0.1) is 46.2 Å². The molecule has 0 amide bonds. The van der Waals surface area contributed by atoms with E-state index in [0.29, 0.717) is 39.6 Å². The molecule has 0 radical (unpaired) electrons. The first-order chi connectivity index (χ1) is 23.4. The van der Waals surface area contributed by atoms with E-state index in [1.165, 1.54) is 122 Å². The molecule has 0 saturated heterocycles. The van der Waals surface area contributed by atoms with E-state index in [1.807, 2.05) is 0 Å². The summed E-state index contributed by atoms with van der Waals surface area (Å²) < 4.78 is 65.9. The number of methoxy groups -OCH3 is 1. The third-order valence-corrected chi connectivity index (χ3v) is 9.35. The van der Waals surface area contributed by atoms with Gasteiger partial charge >= 0.3 is 59.1 Å². The molecule has 290 valence electrons. The van der Waals surface area contributed by atoms with Crippen LogP contribution >= 0.6 is 0 Å². The van der Waals surface area contributed by atoms with Gasteiger partial charge in [-0.05, 0) is 25.7 Å². The quantitative estimate of drug-likeness (QED) is 0.0401. The van der Waals surface area contributed by atoms with Crippen LogP contribution in [0.1, 0.15) is 168 Å². The van der Waals surface area contributed by atoms with Crippen molar-refractivity contribution in [3.63, 3.8) is 0 Å². The number of hydrogen-bond donors (Lipinski definition) is 0. The predicted molar refractivity (Wildman–Crippen MR) is 195 cm³/mol. The molecule has 12 heteroatoms. The Hall–Kier alpha value is 1.67. The minimum absolute atomic E-state index is 0. The number of ether oxygens (including phenoxy) is 5. The molecule has 0 heterocycles. The normalized spacial score (nSPS) is 12.8. The zero-order chi connectivity index (χ0) is 35.3. The van der Waals surface area contributed by atoms with E-state index in [2.05, 4.69) is 18.0 Å². The molecule has 50 heavy (non-hydrogen) atoms. The standard InChI is InChI=1S/C38H78O9S.2Na/c1-4-6-8-10-11-12-13-14-15-17-22-26-30-44-35-38(36-45-32-31-42-3,37-46-33-34-47-48(39,40)41)27-23-19-16-18-21-25-29-43-28-24-20-9-7-5-2;;/h4-37H2,1-3H3,(H,39,40,41);;/q;2*+1/p-1/t38-;;/m0../s1. The molecule has 0 spiro atoms. The Morgan fingerprint density at radius 1 is 0.440 bits per heavy atom. The van der Waals surface area contributed by atoms with Crippen molar-refractivity contribution in [2.75, 3.05) is 73.2 Å². The van der Waals surface area contributed by atoms with E-state index in [9.17, 15) is 13.0 Å². The van der Waals surface area contributed by atoms with Crippen LogP contribution in [-0.4, -0.2) is 86.1 Å². The van der Waals surface area contributed by atoms with Gasteiger partial charge in [-0.1, -0.05) is 142 Å². The Morgan fingerprint density at radius 2 is 0.780 bits per heavy atom. The van der Waals surface area contributed by atoms with Gasteiger partial charge in [-0.3, -0.25) is 4.18 Å². The van der Waals surface area contributed by atoms with Gasteiger partial charge in [-0.25, -0.2) is 8.42 Å². The van der Waals surface area contributed by atoms with Crippen molar-refractivity contribution in [1.82, 2.24) is 0 Å². The molecule has 0 rings (SSSR count). The molecule has 0 unspecified atom stereocenters. The number of rotatable bonds is 41. The van der Waals surface area contributed by atoms with E-state index in [4.69, 9.17) is 23.7 Å². The molecule has 0 aliphatic heterocycles. The summed E-state index contributed by atoms with van der Waals surface area (Å²) in [6.45, 7) is 8.98. The molecule has 0 aromatic carbocycles. The molecular formula is C38H77Na2O9S+. The van der Waals surface area contributed by atoms with Crippen LogP contribution in [0.2, 0.25) is 0 Å². The molecule has 9 nitrogen and oxygen atoms in total. The second-order valence-electron chi connectivity index (χ2n) is 13.7. The molecule has 0 aromatic rings. The first-order valence-electron chi connectivity index (χ1n) is 19.8. The van der Waals surface area contributed by atoms with E-state index in [1.54, 1.807) is 7.11 Å². The molecule has 0 aliphatic rings. The first kappa shape index (κ1) is 56.0. The summed E-state index contributed by atoms with van der Waals surface area (Å²) in [5, 5.41) is 0. The summed E-state index contributed by atoms with van der Waals surface area (Å²) >= 11 is 0.